The van der Waals surface area contributed by atoms with E-state index in [1.807, 2.05) is 19.2 Å². The Morgan fingerprint density at radius 2 is 1.62 bits per heavy atom. The van der Waals surface area contributed by atoms with Crippen molar-refractivity contribution < 1.29 is 4.39 Å². The molecule has 112 valence electrons. The van der Waals surface area contributed by atoms with E-state index in [1.165, 1.54) is 11.6 Å². The Labute approximate surface area is 142 Å². The number of hydrogen-bond acceptors (Lipinski definition) is 1. The number of nitrogens with one attached hydrogen (secondary N) is 1. The molecule has 0 fully saturated rings. The van der Waals surface area contributed by atoms with E-state index in [0.29, 0.717) is 10.4 Å². The van der Waals surface area contributed by atoms with Gasteiger partial charge in [-0.1, -0.05) is 34.1 Å². The lowest BCUT2D eigenvalue weighted by atomic mass is 9.92. The number of hydrogen-bond donors (Lipinski definition) is 1. The largest absolute Gasteiger partial charge is 0.319 e. The van der Waals surface area contributed by atoms with Crippen LogP contribution in [0.2, 0.25) is 0 Å². The fraction of sp³-hybridized carbons (Fsp3) is 0.294. The molecule has 0 bridgehead atoms. The highest BCUT2D eigenvalue weighted by Crippen LogP contribution is 2.21. The summed E-state index contributed by atoms with van der Waals surface area (Å²) in [4.78, 5) is 0. The summed E-state index contributed by atoms with van der Waals surface area (Å²) in [7, 11) is 1.97. The first-order valence-corrected chi connectivity index (χ1v) is 8.50. The summed E-state index contributed by atoms with van der Waals surface area (Å²) in [5, 5.41) is 3.25. The standard InChI is InChI=1S/C17H18Br2FN/c1-21-11-14(8-12-2-5-15(18)6-3-12)9-13-4-7-17(20)16(19)10-13/h2-7,10,14,21H,8-9,11H2,1H3. The summed E-state index contributed by atoms with van der Waals surface area (Å²) in [6.07, 6.45) is 1.93. The molecule has 1 nitrogen and oxygen atoms in total. The van der Waals surface area contributed by atoms with Crippen LogP contribution in [-0.4, -0.2) is 13.6 Å². The molecule has 0 aliphatic rings. The highest BCUT2D eigenvalue weighted by atomic mass is 79.9. The molecule has 1 N–H and O–H groups in total. The maximum atomic E-state index is 13.3. The van der Waals surface area contributed by atoms with E-state index in [9.17, 15) is 4.39 Å². The first-order chi connectivity index (χ1) is 10.1. The lowest BCUT2D eigenvalue weighted by molar-refractivity contribution is 0.492. The van der Waals surface area contributed by atoms with Gasteiger partial charge in [0.2, 0.25) is 0 Å². The molecule has 0 spiro atoms. The van der Waals surface area contributed by atoms with Crippen molar-refractivity contribution in [3.63, 3.8) is 0 Å². The van der Waals surface area contributed by atoms with Crippen molar-refractivity contribution in [1.82, 2.24) is 5.32 Å². The summed E-state index contributed by atoms with van der Waals surface area (Å²) in [5.41, 5.74) is 2.47. The predicted molar refractivity (Wildman–Crippen MR) is 93.1 cm³/mol. The van der Waals surface area contributed by atoms with Crippen molar-refractivity contribution in [1.29, 1.82) is 0 Å². The third kappa shape index (κ3) is 5.20. The van der Waals surface area contributed by atoms with Crippen molar-refractivity contribution in [3.05, 3.63) is 68.4 Å². The van der Waals surface area contributed by atoms with Gasteiger partial charge in [-0.15, -0.1) is 0 Å². The zero-order chi connectivity index (χ0) is 15.2. The van der Waals surface area contributed by atoms with Crippen LogP contribution >= 0.6 is 31.9 Å². The second kappa shape index (κ2) is 8.06. The quantitative estimate of drug-likeness (QED) is 0.703. The van der Waals surface area contributed by atoms with Crippen molar-refractivity contribution in [3.8, 4) is 0 Å². The third-order valence-corrected chi connectivity index (χ3v) is 4.58. The van der Waals surface area contributed by atoms with Gasteiger partial charge in [-0.25, -0.2) is 4.39 Å². The van der Waals surface area contributed by atoms with E-state index in [-0.39, 0.29) is 5.82 Å². The van der Waals surface area contributed by atoms with Gasteiger partial charge in [-0.3, -0.25) is 0 Å². The summed E-state index contributed by atoms with van der Waals surface area (Å²) in [5.74, 6) is 0.269. The topological polar surface area (TPSA) is 12.0 Å². The summed E-state index contributed by atoms with van der Waals surface area (Å²) in [6.45, 7) is 0.936. The molecule has 2 rings (SSSR count). The maximum absolute atomic E-state index is 13.3. The molecule has 0 saturated carbocycles. The van der Waals surface area contributed by atoms with E-state index in [4.69, 9.17) is 0 Å². The molecule has 2 aromatic carbocycles. The molecule has 4 heteroatoms. The van der Waals surface area contributed by atoms with Crippen LogP contribution in [0.25, 0.3) is 0 Å². The molecule has 2 aromatic rings. The molecular weight excluding hydrogens is 397 g/mol. The second-order valence-corrected chi connectivity index (χ2v) is 6.98. The second-order valence-electron chi connectivity index (χ2n) is 5.21. The first kappa shape index (κ1) is 16.7. The molecule has 21 heavy (non-hydrogen) atoms. The van der Waals surface area contributed by atoms with Crippen LogP contribution in [0.3, 0.4) is 0 Å². The fourth-order valence-corrected chi connectivity index (χ4v) is 3.15. The molecule has 0 aliphatic heterocycles. The zero-order valence-corrected chi connectivity index (χ0v) is 15.0. The van der Waals surface area contributed by atoms with Gasteiger partial charge in [-0.2, -0.15) is 0 Å². The molecule has 1 unspecified atom stereocenters. The highest BCUT2D eigenvalue weighted by Gasteiger charge is 2.11. The van der Waals surface area contributed by atoms with Gasteiger partial charge in [0.1, 0.15) is 5.82 Å². The van der Waals surface area contributed by atoms with Crippen molar-refractivity contribution in [2.45, 2.75) is 12.8 Å². The number of halogens is 3. The van der Waals surface area contributed by atoms with Crippen LogP contribution in [0.4, 0.5) is 4.39 Å². The van der Waals surface area contributed by atoms with Gasteiger partial charge in [0.25, 0.3) is 0 Å². The SMILES string of the molecule is CNCC(Cc1ccc(Br)cc1)Cc1ccc(F)c(Br)c1. The summed E-state index contributed by atoms with van der Waals surface area (Å²) >= 11 is 6.71. The smallest absolute Gasteiger partial charge is 0.137 e. The van der Waals surface area contributed by atoms with E-state index in [2.05, 4.69) is 61.4 Å². The third-order valence-electron chi connectivity index (χ3n) is 3.44. The average Bonchev–Trinajstić information content (AvgIpc) is 2.46. The molecule has 0 aliphatic carbocycles. The Morgan fingerprint density at radius 3 is 2.24 bits per heavy atom. The normalized spacial score (nSPS) is 12.4. The minimum Gasteiger partial charge on any atom is -0.319 e. The average molecular weight is 415 g/mol. The van der Waals surface area contributed by atoms with Crippen molar-refractivity contribution in [2.75, 3.05) is 13.6 Å². The minimum atomic E-state index is -0.211. The monoisotopic (exact) mass is 413 g/mol. The lowest BCUT2D eigenvalue weighted by Crippen LogP contribution is -2.22. The lowest BCUT2D eigenvalue weighted by Gasteiger charge is -2.17. The van der Waals surface area contributed by atoms with Gasteiger partial charge in [-0.05, 0) is 83.7 Å². The Kier molecular flexibility index (Phi) is 6.40. The van der Waals surface area contributed by atoms with Crippen molar-refractivity contribution in [2.24, 2.45) is 5.92 Å². The van der Waals surface area contributed by atoms with E-state index >= 15 is 0 Å². The molecule has 0 radical (unpaired) electrons. The molecule has 0 saturated heterocycles. The van der Waals surface area contributed by atoms with Crippen LogP contribution < -0.4 is 5.32 Å². The van der Waals surface area contributed by atoms with E-state index in [1.54, 1.807) is 0 Å². The summed E-state index contributed by atoms with van der Waals surface area (Å²) in [6, 6.07) is 13.7. The van der Waals surface area contributed by atoms with Crippen LogP contribution in [0.1, 0.15) is 11.1 Å². The molecule has 0 aromatic heterocycles. The van der Waals surface area contributed by atoms with Crippen LogP contribution in [0, 0.1) is 11.7 Å². The van der Waals surface area contributed by atoms with Crippen LogP contribution in [0.5, 0.6) is 0 Å². The highest BCUT2D eigenvalue weighted by molar-refractivity contribution is 9.10. The van der Waals surface area contributed by atoms with E-state index < -0.39 is 0 Å². The molecule has 1 atom stereocenters. The molecule has 0 amide bonds. The van der Waals surface area contributed by atoms with Crippen LogP contribution in [-0.2, 0) is 12.8 Å². The Morgan fingerprint density at radius 1 is 1.00 bits per heavy atom. The number of rotatable bonds is 6. The maximum Gasteiger partial charge on any atom is 0.137 e. The number of benzene rings is 2. The van der Waals surface area contributed by atoms with Crippen LogP contribution in [0.15, 0.2) is 51.4 Å². The predicted octanol–water partition coefficient (Wildman–Crippen LogP) is 4.97. The summed E-state index contributed by atoms with van der Waals surface area (Å²) < 4.78 is 14.9. The molecular formula is C17H18Br2FN. The van der Waals surface area contributed by atoms with Gasteiger partial charge >= 0.3 is 0 Å². The Bertz CT molecular complexity index is 584. The van der Waals surface area contributed by atoms with Gasteiger partial charge in [0.05, 0.1) is 4.47 Å². The Hall–Kier alpha value is -0.710. The minimum absolute atomic E-state index is 0.211. The zero-order valence-electron chi connectivity index (χ0n) is 11.9. The van der Waals surface area contributed by atoms with Gasteiger partial charge < -0.3 is 5.32 Å². The van der Waals surface area contributed by atoms with Crippen molar-refractivity contribution >= 4 is 31.9 Å². The Balaban J connectivity index is 2.07. The first-order valence-electron chi connectivity index (χ1n) is 6.91. The van der Waals surface area contributed by atoms with Gasteiger partial charge in [0, 0.05) is 4.47 Å². The fourth-order valence-electron chi connectivity index (χ4n) is 2.46. The van der Waals surface area contributed by atoms with E-state index in [0.717, 1.165) is 29.4 Å². The van der Waals surface area contributed by atoms with Gasteiger partial charge in [0.15, 0.2) is 0 Å². The molecule has 0 heterocycles.